The van der Waals surface area contributed by atoms with Gasteiger partial charge in [-0.05, 0) is 38.0 Å². The van der Waals surface area contributed by atoms with Gasteiger partial charge in [0, 0.05) is 6.42 Å². The van der Waals surface area contributed by atoms with Gasteiger partial charge in [0.2, 0.25) is 0 Å². The van der Waals surface area contributed by atoms with Crippen molar-refractivity contribution in [1.29, 1.82) is 0 Å². The van der Waals surface area contributed by atoms with Crippen molar-refractivity contribution in [2.75, 3.05) is 25.0 Å². The van der Waals surface area contributed by atoms with Gasteiger partial charge in [-0.2, -0.15) is 12.8 Å². The minimum atomic E-state index is -0.662. The molecule has 2 N–H and O–H groups in total. The van der Waals surface area contributed by atoms with Crippen molar-refractivity contribution in [2.24, 2.45) is 0 Å². The van der Waals surface area contributed by atoms with Crippen molar-refractivity contribution in [1.82, 2.24) is 4.90 Å². The summed E-state index contributed by atoms with van der Waals surface area (Å²) >= 11 is 0. The molecular weight excluding hydrogens is 644 g/mol. The number of rotatable bonds is 11. The van der Waals surface area contributed by atoms with Crippen molar-refractivity contribution in [3.8, 4) is 11.1 Å². The zero-order chi connectivity index (χ0) is 28.2. The van der Waals surface area contributed by atoms with Crippen LogP contribution in [0.5, 0.6) is 0 Å². The number of nitrogens with zero attached hydrogens (tertiary/aromatic N) is 1. The fraction of sp³-hybridized carbons (Fsp3) is 0.531. The Hall–Kier alpha value is -1.97. The standard InChI is InChI=1S/C13H24NO2.C13H10NO.3C2H6.W/c15-13(16)9-5-2-1-3-6-10-14-11-7-4-8-12-14;15-10-14-13-9-5-4-8-12(13)11-6-2-1-3-7-11;3*1-2;/h4H,1-3,5-12H2,(H,15,16);1-9H,(H,14,15);3*1-2H3;/q2*-1;;;;+2. The molecule has 0 aromatic heterocycles. The number of amides is 1. The molecular formula is C32H52N2O3W. The predicted molar refractivity (Wildman–Crippen MR) is 161 cm³/mol. The maximum atomic E-state index is 10.3. The van der Waals surface area contributed by atoms with E-state index in [0.29, 0.717) is 6.42 Å². The summed E-state index contributed by atoms with van der Waals surface area (Å²) in [6.07, 6.45) is 12.5. The number of anilines is 1. The smallest absolute Gasteiger partial charge is 0.490 e. The zero-order valence-corrected chi connectivity index (χ0v) is 27.6. The summed E-state index contributed by atoms with van der Waals surface area (Å²) in [4.78, 5) is 23.1. The molecule has 214 valence electrons. The fourth-order valence-corrected chi connectivity index (χ4v) is 3.69. The Labute approximate surface area is 248 Å². The molecule has 38 heavy (non-hydrogen) atoms. The number of carbonyl (C=O) groups excluding carboxylic acids is 1. The van der Waals surface area contributed by atoms with Crippen molar-refractivity contribution < 1.29 is 35.8 Å². The molecule has 1 fully saturated rings. The summed E-state index contributed by atoms with van der Waals surface area (Å²) in [5.74, 6) is -0.662. The van der Waals surface area contributed by atoms with Crippen LogP contribution in [0.2, 0.25) is 0 Å². The van der Waals surface area contributed by atoms with Crippen LogP contribution in [-0.4, -0.2) is 42.0 Å². The summed E-state index contributed by atoms with van der Waals surface area (Å²) in [7, 11) is 0. The Morgan fingerprint density at radius 3 is 1.95 bits per heavy atom. The molecule has 1 saturated heterocycles. The number of para-hydroxylation sites is 1. The molecule has 2 aromatic carbocycles. The number of aliphatic carboxylic acids is 1. The third kappa shape index (κ3) is 21.0. The zero-order valence-electron chi connectivity index (χ0n) is 24.7. The maximum absolute atomic E-state index is 10.3. The van der Waals surface area contributed by atoms with Crippen LogP contribution in [0.4, 0.5) is 5.69 Å². The van der Waals surface area contributed by atoms with Crippen LogP contribution < -0.4 is 5.32 Å². The molecule has 5 nitrogen and oxygen atoms in total. The van der Waals surface area contributed by atoms with Crippen LogP contribution in [0.25, 0.3) is 11.1 Å². The number of benzene rings is 2. The Morgan fingerprint density at radius 2 is 1.37 bits per heavy atom. The Kier molecular flexibility index (Phi) is 33.3. The number of unbranched alkanes of at least 4 members (excludes halogenated alkanes) is 4. The number of carboxylic acid groups (broad SMARTS) is 1. The number of likely N-dealkylation sites (tertiary alicyclic amines) is 1. The van der Waals surface area contributed by atoms with Gasteiger partial charge in [-0.15, -0.1) is 11.8 Å². The van der Waals surface area contributed by atoms with E-state index in [-0.39, 0.29) is 21.1 Å². The van der Waals surface area contributed by atoms with Crippen LogP contribution in [0, 0.1) is 6.42 Å². The third-order valence-corrected chi connectivity index (χ3v) is 5.36. The van der Waals surface area contributed by atoms with Crippen LogP contribution >= 0.6 is 0 Å². The molecule has 6 heteroatoms. The Bertz CT molecular complexity index is 766. The maximum Gasteiger partial charge on any atom is 2.00 e. The second kappa shape index (κ2) is 31.2. The molecule has 0 radical (unpaired) electrons. The normalized spacial score (nSPS) is 11.6. The number of carbonyl (C=O) groups is 1. The summed E-state index contributed by atoms with van der Waals surface area (Å²) < 4.78 is 0. The first kappa shape index (κ1) is 40.5. The Morgan fingerprint density at radius 1 is 0.842 bits per heavy atom. The van der Waals surface area contributed by atoms with Crippen molar-refractivity contribution >= 4 is 18.1 Å². The molecule has 0 bridgehead atoms. The van der Waals surface area contributed by atoms with Gasteiger partial charge in [-0.1, -0.05) is 115 Å². The second-order valence-corrected chi connectivity index (χ2v) is 7.76. The van der Waals surface area contributed by atoms with Gasteiger partial charge in [-0.3, -0.25) is 4.79 Å². The molecule has 3 rings (SSSR count). The molecule has 0 spiro atoms. The first-order valence-electron chi connectivity index (χ1n) is 14.2. The van der Waals surface area contributed by atoms with E-state index in [1.165, 1.54) is 51.7 Å². The largest absolute Gasteiger partial charge is 2.00 e. The fourth-order valence-electron chi connectivity index (χ4n) is 3.69. The number of hydrogen-bond donors (Lipinski definition) is 2. The van der Waals surface area contributed by atoms with E-state index in [4.69, 9.17) is 5.11 Å². The third-order valence-electron chi connectivity index (χ3n) is 5.36. The molecule has 1 aliphatic rings. The average molecular weight is 697 g/mol. The minimum absolute atomic E-state index is 0. The quantitative estimate of drug-likeness (QED) is 0.140. The first-order valence-corrected chi connectivity index (χ1v) is 14.2. The first-order chi connectivity index (χ1) is 18.2. The summed E-state index contributed by atoms with van der Waals surface area (Å²) in [6, 6.07) is 17.6. The van der Waals surface area contributed by atoms with Gasteiger partial charge in [0.05, 0.1) is 6.41 Å². The van der Waals surface area contributed by atoms with E-state index in [2.05, 4.69) is 16.6 Å². The van der Waals surface area contributed by atoms with Gasteiger partial charge in [0.1, 0.15) is 0 Å². The SMILES string of the molecule is CC.CC.CC.O=C(O)CCCCCCCN1CC[CH-]CC1.O=[C-]Nc1ccccc1-c1ccccc1.[W+2]. The van der Waals surface area contributed by atoms with Crippen LogP contribution in [0.3, 0.4) is 0 Å². The van der Waals surface area contributed by atoms with E-state index < -0.39 is 5.97 Å². The van der Waals surface area contributed by atoms with Gasteiger partial charge < -0.3 is 26.5 Å². The van der Waals surface area contributed by atoms with Crippen LogP contribution in [0.1, 0.15) is 92.9 Å². The number of nitrogens with one attached hydrogen (secondary N) is 1. The molecule has 1 heterocycles. The second-order valence-electron chi connectivity index (χ2n) is 7.76. The molecule has 0 aliphatic carbocycles. The topological polar surface area (TPSA) is 69.6 Å². The van der Waals surface area contributed by atoms with Gasteiger partial charge >= 0.3 is 27.0 Å². The molecule has 1 amide bonds. The molecule has 0 saturated carbocycles. The van der Waals surface area contributed by atoms with Crippen molar-refractivity contribution in [3.05, 3.63) is 61.0 Å². The molecule has 0 atom stereocenters. The van der Waals surface area contributed by atoms with Gasteiger partial charge in [0.25, 0.3) is 0 Å². The molecule has 2 aromatic rings. The van der Waals surface area contributed by atoms with E-state index in [9.17, 15) is 9.59 Å². The molecule has 1 aliphatic heterocycles. The molecule has 0 unspecified atom stereocenters. The Balaban J connectivity index is -0.000000527. The van der Waals surface area contributed by atoms with E-state index in [1.54, 1.807) is 6.41 Å². The monoisotopic (exact) mass is 696 g/mol. The van der Waals surface area contributed by atoms with E-state index in [1.807, 2.05) is 96.1 Å². The average Bonchev–Trinajstić information content (AvgIpc) is 2.97. The number of hydrogen-bond acceptors (Lipinski definition) is 3. The number of carboxylic acids is 1. The van der Waals surface area contributed by atoms with Gasteiger partial charge in [0.15, 0.2) is 0 Å². The van der Waals surface area contributed by atoms with Crippen molar-refractivity contribution in [2.45, 2.75) is 92.9 Å². The summed E-state index contributed by atoms with van der Waals surface area (Å²) in [5.41, 5.74) is 2.86. The predicted octanol–water partition coefficient (Wildman–Crippen LogP) is 8.62. The van der Waals surface area contributed by atoms with Crippen molar-refractivity contribution in [3.63, 3.8) is 0 Å². The van der Waals surface area contributed by atoms with Crippen LogP contribution in [0.15, 0.2) is 54.6 Å². The van der Waals surface area contributed by atoms with E-state index in [0.717, 1.165) is 29.7 Å². The number of piperidine rings is 1. The minimum Gasteiger partial charge on any atom is -0.490 e. The van der Waals surface area contributed by atoms with Gasteiger partial charge in [-0.25, -0.2) is 0 Å². The van der Waals surface area contributed by atoms with Crippen LogP contribution in [-0.2, 0) is 30.7 Å². The summed E-state index contributed by atoms with van der Waals surface area (Å²) in [5, 5.41) is 11.0. The summed E-state index contributed by atoms with van der Waals surface area (Å²) in [6.45, 7) is 15.7. The van der Waals surface area contributed by atoms with E-state index >= 15 is 0 Å².